The largest absolute Gasteiger partial charge is 0.444 e. The second-order valence-electron chi connectivity index (χ2n) is 9.22. The second kappa shape index (κ2) is 9.50. The van der Waals surface area contributed by atoms with E-state index in [1.165, 1.54) is 12.1 Å². The van der Waals surface area contributed by atoms with Crippen LogP contribution in [-0.4, -0.2) is 35.6 Å². The Kier molecular flexibility index (Phi) is 6.98. The van der Waals surface area contributed by atoms with E-state index in [2.05, 4.69) is 5.32 Å². The lowest BCUT2D eigenvalue weighted by Crippen LogP contribution is -2.51. The highest BCUT2D eigenvalue weighted by Gasteiger charge is 2.42. The molecule has 0 radical (unpaired) electrons. The third kappa shape index (κ3) is 6.29. The molecule has 0 atom stereocenters. The predicted octanol–water partition coefficient (Wildman–Crippen LogP) is 4.70. The number of nitrogens with one attached hydrogen (secondary N) is 1. The van der Waals surface area contributed by atoms with Gasteiger partial charge in [0.15, 0.2) is 0 Å². The second-order valence-corrected chi connectivity index (χ2v) is 9.22. The number of carbonyl (C=O) groups is 2. The zero-order chi connectivity index (χ0) is 22.5. The smallest absolute Gasteiger partial charge is 0.410 e. The highest BCUT2D eigenvalue weighted by molar-refractivity contribution is 5.83. The van der Waals surface area contributed by atoms with Gasteiger partial charge in [0.05, 0.1) is 5.41 Å². The number of halogens is 1. The molecule has 31 heavy (non-hydrogen) atoms. The number of ether oxygens (including phenoxy) is 1. The molecule has 0 unspecified atom stereocenters. The van der Waals surface area contributed by atoms with Crippen molar-refractivity contribution in [3.63, 3.8) is 0 Å². The number of likely N-dealkylation sites (tertiary alicyclic amines) is 1. The molecule has 1 aliphatic rings. The molecule has 0 aromatic heterocycles. The van der Waals surface area contributed by atoms with Crippen LogP contribution < -0.4 is 5.32 Å². The molecule has 1 saturated heterocycles. The minimum atomic E-state index is -0.611. The third-order valence-electron chi connectivity index (χ3n) is 5.61. The van der Waals surface area contributed by atoms with Crippen LogP contribution in [0.3, 0.4) is 0 Å². The van der Waals surface area contributed by atoms with Crippen molar-refractivity contribution in [2.75, 3.05) is 13.1 Å². The average molecular weight is 427 g/mol. The van der Waals surface area contributed by atoms with Crippen LogP contribution >= 0.6 is 0 Å². The van der Waals surface area contributed by atoms with Crippen LogP contribution in [0.15, 0.2) is 54.6 Å². The molecular formula is C25H31FN2O3. The van der Waals surface area contributed by atoms with Crippen LogP contribution in [0.2, 0.25) is 0 Å². The molecule has 1 heterocycles. The minimum absolute atomic E-state index is 0.0375. The first-order chi connectivity index (χ1) is 14.7. The summed E-state index contributed by atoms with van der Waals surface area (Å²) >= 11 is 0. The summed E-state index contributed by atoms with van der Waals surface area (Å²) in [6, 6.07) is 16.1. The third-order valence-corrected chi connectivity index (χ3v) is 5.61. The van der Waals surface area contributed by atoms with Gasteiger partial charge in [-0.05, 0) is 63.3 Å². The highest BCUT2D eigenvalue weighted by Crippen LogP contribution is 2.36. The topological polar surface area (TPSA) is 58.6 Å². The maximum Gasteiger partial charge on any atom is 0.410 e. The molecular weight excluding hydrogens is 395 g/mol. The Morgan fingerprint density at radius 3 is 2.19 bits per heavy atom. The maximum absolute atomic E-state index is 13.4. The number of nitrogens with zero attached hydrogens (tertiary/aromatic N) is 1. The number of rotatable bonds is 5. The van der Waals surface area contributed by atoms with Crippen LogP contribution in [-0.2, 0) is 22.5 Å². The molecule has 0 aliphatic carbocycles. The Hall–Kier alpha value is -2.89. The van der Waals surface area contributed by atoms with Gasteiger partial charge >= 0.3 is 6.09 Å². The zero-order valence-corrected chi connectivity index (χ0v) is 18.5. The van der Waals surface area contributed by atoms with E-state index in [1.807, 2.05) is 51.1 Å². The van der Waals surface area contributed by atoms with Crippen LogP contribution in [0, 0.1) is 11.2 Å². The molecule has 166 valence electrons. The Morgan fingerprint density at radius 2 is 1.61 bits per heavy atom. The Balaban J connectivity index is 1.71. The standard InChI is InChI=1S/C25H31FN2O3/c1-24(2,3)31-23(30)28-15-13-25(14-16-28,17-19-7-5-4-6-8-19)22(29)27-18-20-9-11-21(26)12-10-20/h4-12H,13-18H2,1-3H3,(H,27,29). The number of amides is 2. The van der Waals surface area contributed by atoms with Crippen molar-refractivity contribution >= 4 is 12.0 Å². The molecule has 0 saturated carbocycles. The van der Waals surface area contributed by atoms with Crippen molar-refractivity contribution in [2.24, 2.45) is 5.41 Å². The fourth-order valence-electron chi connectivity index (χ4n) is 3.89. The lowest BCUT2D eigenvalue weighted by Gasteiger charge is -2.41. The van der Waals surface area contributed by atoms with E-state index >= 15 is 0 Å². The summed E-state index contributed by atoms with van der Waals surface area (Å²) in [7, 11) is 0. The van der Waals surface area contributed by atoms with Crippen LogP contribution in [0.5, 0.6) is 0 Å². The normalized spacial score (nSPS) is 15.9. The lowest BCUT2D eigenvalue weighted by molar-refractivity contribution is -0.134. The maximum atomic E-state index is 13.4. The summed E-state index contributed by atoms with van der Waals surface area (Å²) in [5.41, 5.74) is 0.767. The summed E-state index contributed by atoms with van der Waals surface area (Å²) < 4.78 is 18.6. The van der Waals surface area contributed by atoms with Gasteiger partial charge < -0.3 is 15.0 Å². The van der Waals surface area contributed by atoms with Gasteiger partial charge in [-0.1, -0.05) is 42.5 Å². The van der Waals surface area contributed by atoms with E-state index in [4.69, 9.17) is 4.74 Å². The molecule has 0 spiro atoms. The molecule has 3 rings (SSSR count). The lowest BCUT2D eigenvalue weighted by atomic mass is 9.73. The van der Waals surface area contributed by atoms with Crippen LogP contribution in [0.4, 0.5) is 9.18 Å². The van der Waals surface area contributed by atoms with Gasteiger partial charge in [0.2, 0.25) is 5.91 Å². The monoisotopic (exact) mass is 426 g/mol. The summed E-state index contributed by atoms with van der Waals surface area (Å²) in [5.74, 6) is -0.338. The van der Waals surface area contributed by atoms with Gasteiger partial charge in [0.1, 0.15) is 11.4 Å². The van der Waals surface area contributed by atoms with Crippen molar-refractivity contribution in [1.82, 2.24) is 10.2 Å². The van der Waals surface area contributed by atoms with E-state index in [0.29, 0.717) is 38.9 Å². The number of hydrogen-bond donors (Lipinski definition) is 1. The van der Waals surface area contributed by atoms with Crippen molar-refractivity contribution in [1.29, 1.82) is 0 Å². The molecule has 0 bridgehead atoms. The molecule has 2 amide bonds. The number of carbonyl (C=O) groups excluding carboxylic acids is 2. The summed E-state index contributed by atoms with van der Waals surface area (Å²) in [4.78, 5) is 27.5. The SMILES string of the molecule is CC(C)(C)OC(=O)N1CCC(Cc2ccccc2)(C(=O)NCc2ccc(F)cc2)CC1. The Labute approximate surface area is 183 Å². The van der Waals surface area contributed by atoms with E-state index in [9.17, 15) is 14.0 Å². The van der Waals surface area contributed by atoms with Crippen molar-refractivity contribution in [3.8, 4) is 0 Å². The fourth-order valence-corrected chi connectivity index (χ4v) is 3.89. The van der Waals surface area contributed by atoms with Crippen LogP contribution in [0.25, 0.3) is 0 Å². The van der Waals surface area contributed by atoms with Crippen LogP contribution in [0.1, 0.15) is 44.7 Å². The molecule has 1 N–H and O–H groups in total. The molecule has 5 nitrogen and oxygen atoms in total. The molecule has 2 aromatic rings. The highest BCUT2D eigenvalue weighted by atomic mass is 19.1. The summed E-state index contributed by atoms with van der Waals surface area (Å²) in [5, 5.41) is 3.04. The number of hydrogen-bond acceptors (Lipinski definition) is 3. The molecule has 2 aromatic carbocycles. The first-order valence-electron chi connectivity index (χ1n) is 10.7. The fraction of sp³-hybridized carbons (Fsp3) is 0.440. The van der Waals surface area contributed by atoms with E-state index in [1.54, 1.807) is 17.0 Å². The first kappa shape index (κ1) is 22.8. The molecule has 1 aliphatic heterocycles. The van der Waals surface area contributed by atoms with Gasteiger partial charge in [-0.3, -0.25) is 4.79 Å². The molecule has 1 fully saturated rings. The van der Waals surface area contributed by atoms with E-state index in [0.717, 1.165) is 11.1 Å². The van der Waals surface area contributed by atoms with Crippen molar-refractivity contribution < 1.29 is 18.7 Å². The van der Waals surface area contributed by atoms with Gasteiger partial charge in [-0.25, -0.2) is 9.18 Å². The zero-order valence-electron chi connectivity index (χ0n) is 18.5. The van der Waals surface area contributed by atoms with Gasteiger partial charge in [0.25, 0.3) is 0 Å². The van der Waals surface area contributed by atoms with Gasteiger partial charge in [-0.15, -0.1) is 0 Å². The Morgan fingerprint density at radius 1 is 1.00 bits per heavy atom. The summed E-state index contributed by atoms with van der Waals surface area (Å²) in [6.07, 6.45) is 1.37. The number of benzene rings is 2. The van der Waals surface area contributed by atoms with Gasteiger partial charge in [0, 0.05) is 19.6 Å². The van der Waals surface area contributed by atoms with E-state index in [-0.39, 0.29) is 17.8 Å². The predicted molar refractivity (Wildman–Crippen MR) is 118 cm³/mol. The van der Waals surface area contributed by atoms with Crippen molar-refractivity contribution in [2.45, 2.75) is 52.2 Å². The molecule has 6 heteroatoms. The quantitative estimate of drug-likeness (QED) is 0.754. The average Bonchev–Trinajstić information content (AvgIpc) is 2.73. The minimum Gasteiger partial charge on any atom is -0.444 e. The van der Waals surface area contributed by atoms with Gasteiger partial charge in [-0.2, -0.15) is 0 Å². The number of piperidine rings is 1. The van der Waals surface area contributed by atoms with Crippen molar-refractivity contribution in [3.05, 3.63) is 71.5 Å². The Bertz CT molecular complexity index is 883. The van der Waals surface area contributed by atoms with E-state index < -0.39 is 11.0 Å². The summed E-state index contributed by atoms with van der Waals surface area (Å²) in [6.45, 7) is 6.80. The first-order valence-corrected chi connectivity index (χ1v) is 10.7.